The van der Waals surface area contributed by atoms with Gasteiger partial charge in [0, 0.05) is 24.5 Å². The molecule has 1 aliphatic rings. The number of likely N-dealkylation sites (tertiary alicyclic amines) is 1. The Hall–Kier alpha value is -2.61. The molecule has 1 unspecified atom stereocenters. The van der Waals surface area contributed by atoms with Gasteiger partial charge in [-0.15, -0.1) is 0 Å². The molecular formula is C16H15N3O4S. The lowest BCUT2D eigenvalue weighted by atomic mass is 10.3. The summed E-state index contributed by atoms with van der Waals surface area (Å²) in [5, 5.41) is 2.47. The van der Waals surface area contributed by atoms with Gasteiger partial charge in [0.1, 0.15) is 12.6 Å². The number of thiazole rings is 1. The van der Waals surface area contributed by atoms with Crippen LogP contribution in [0.1, 0.15) is 6.42 Å². The van der Waals surface area contributed by atoms with Crippen molar-refractivity contribution in [2.45, 2.75) is 19.1 Å². The first-order valence-electron chi connectivity index (χ1n) is 7.63. The number of carbonyl (C=O) groups excluding carboxylic acids is 1. The van der Waals surface area contributed by atoms with Crippen LogP contribution in [0.5, 0.6) is 5.19 Å². The van der Waals surface area contributed by atoms with Crippen LogP contribution in [0.3, 0.4) is 0 Å². The first kappa shape index (κ1) is 14.9. The number of fused-ring (bicyclic) bond motifs is 1. The summed E-state index contributed by atoms with van der Waals surface area (Å²) >= 11 is 1.43. The molecule has 0 N–H and O–H groups in total. The van der Waals surface area contributed by atoms with Crippen molar-refractivity contribution in [3.63, 3.8) is 0 Å². The van der Waals surface area contributed by atoms with Crippen LogP contribution in [0.25, 0.3) is 11.1 Å². The maximum Gasteiger partial charge on any atom is 0.420 e. The Morgan fingerprint density at radius 1 is 1.42 bits per heavy atom. The molecule has 2 aromatic heterocycles. The fourth-order valence-corrected chi connectivity index (χ4v) is 3.41. The Balaban J connectivity index is 1.45. The Morgan fingerprint density at radius 3 is 3.12 bits per heavy atom. The molecule has 0 bridgehead atoms. The SMILES string of the molecule is O=C(Cn1c(=O)oc2ccccc21)N1CCC(Oc2nccs2)C1. The van der Waals surface area contributed by atoms with Gasteiger partial charge >= 0.3 is 5.76 Å². The lowest BCUT2D eigenvalue weighted by Crippen LogP contribution is -2.35. The van der Waals surface area contributed by atoms with Gasteiger partial charge in [-0.3, -0.25) is 9.36 Å². The first-order chi connectivity index (χ1) is 11.7. The van der Waals surface area contributed by atoms with Gasteiger partial charge in [-0.2, -0.15) is 0 Å². The van der Waals surface area contributed by atoms with E-state index < -0.39 is 5.76 Å². The third-order valence-corrected chi connectivity index (χ3v) is 4.70. The Kier molecular flexibility index (Phi) is 3.81. The smallest absolute Gasteiger partial charge is 0.420 e. The quantitative estimate of drug-likeness (QED) is 0.720. The van der Waals surface area contributed by atoms with Crippen molar-refractivity contribution in [2.24, 2.45) is 0 Å². The molecule has 0 radical (unpaired) electrons. The third kappa shape index (κ3) is 2.80. The molecule has 1 aliphatic heterocycles. The number of oxazole rings is 1. The van der Waals surface area contributed by atoms with Crippen molar-refractivity contribution in [2.75, 3.05) is 13.1 Å². The Bertz CT molecular complexity index is 915. The van der Waals surface area contributed by atoms with Crippen LogP contribution in [-0.4, -0.2) is 39.6 Å². The molecule has 1 atom stereocenters. The van der Waals surface area contributed by atoms with Crippen LogP contribution < -0.4 is 10.5 Å². The number of carbonyl (C=O) groups is 1. The number of benzene rings is 1. The number of amides is 1. The van der Waals surface area contributed by atoms with E-state index in [0.29, 0.717) is 29.4 Å². The molecule has 0 spiro atoms. The Morgan fingerprint density at radius 2 is 2.29 bits per heavy atom. The molecular weight excluding hydrogens is 330 g/mol. The van der Waals surface area contributed by atoms with Crippen LogP contribution in [0, 0.1) is 0 Å². The van der Waals surface area contributed by atoms with E-state index >= 15 is 0 Å². The minimum Gasteiger partial charge on any atom is -0.465 e. The third-order valence-electron chi connectivity index (χ3n) is 4.04. The van der Waals surface area contributed by atoms with Crippen LogP contribution in [-0.2, 0) is 11.3 Å². The largest absolute Gasteiger partial charge is 0.465 e. The monoisotopic (exact) mass is 345 g/mol. The minimum absolute atomic E-state index is 0.0280. The van der Waals surface area contributed by atoms with E-state index in [1.807, 2.05) is 11.4 Å². The van der Waals surface area contributed by atoms with E-state index in [9.17, 15) is 9.59 Å². The molecule has 1 aromatic carbocycles. The highest BCUT2D eigenvalue weighted by Gasteiger charge is 2.28. The Labute approximate surface area is 141 Å². The van der Waals surface area contributed by atoms with Crippen molar-refractivity contribution in [3.05, 3.63) is 46.4 Å². The minimum atomic E-state index is -0.515. The lowest BCUT2D eigenvalue weighted by molar-refractivity contribution is -0.131. The summed E-state index contributed by atoms with van der Waals surface area (Å²) < 4.78 is 12.3. The number of aromatic nitrogens is 2. The van der Waals surface area contributed by atoms with Crippen LogP contribution >= 0.6 is 11.3 Å². The summed E-state index contributed by atoms with van der Waals surface area (Å²) in [6, 6.07) is 7.09. The molecule has 3 heterocycles. The van der Waals surface area contributed by atoms with Gasteiger partial charge in [0.05, 0.1) is 12.1 Å². The zero-order valence-electron chi connectivity index (χ0n) is 12.8. The summed E-state index contributed by atoms with van der Waals surface area (Å²) in [4.78, 5) is 30.3. The lowest BCUT2D eigenvalue weighted by Gasteiger charge is -2.16. The average molecular weight is 345 g/mol. The molecule has 8 heteroatoms. The predicted molar refractivity (Wildman–Crippen MR) is 88.2 cm³/mol. The molecule has 124 valence electrons. The highest BCUT2D eigenvalue weighted by atomic mass is 32.1. The van der Waals surface area contributed by atoms with Gasteiger partial charge in [-0.25, -0.2) is 9.78 Å². The van der Waals surface area contributed by atoms with E-state index in [-0.39, 0.29) is 18.6 Å². The van der Waals surface area contributed by atoms with Gasteiger partial charge in [0.25, 0.3) is 5.19 Å². The number of ether oxygens (including phenoxy) is 1. The number of hydrogen-bond donors (Lipinski definition) is 0. The van der Waals surface area contributed by atoms with Gasteiger partial charge in [0.2, 0.25) is 5.91 Å². The second-order valence-electron chi connectivity index (χ2n) is 5.59. The number of para-hydroxylation sites is 2. The first-order valence-corrected chi connectivity index (χ1v) is 8.51. The number of rotatable bonds is 4. The van der Waals surface area contributed by atoms with E-state index in [4.69, 9.17) is 9.15 Å². The summed E-state index contributed by atoms with van der Waals surface area (Å²) in [7, 11) is 0. The van der Waals surface area contributed by atoms with Crippen molar-refractivity contribution in [3.8, 4) is 5.19 Å². The number of nitrogens with zero attached hydrogens (tertiary/aromatic N) is 3. The topological polar surface area (TPSA) is 77.6 Å². The second-order valence-corrected chi connectivity index (χ2v) is 6.45. The summed E-state index contributed by atoms with van der Waals surface area (Å²) in [6.45, 7) is 1.09. The van der Waals surface area contributed by atoms with Crippen molar-refractivity contribution in [1.29, 1.82) is 0 Å². The molecule has 1 amide bonds. The molecule has 1 fully saturated rings. The van der Waals surface area contributed by atoms with Crippen LogP contribution in [0.15, 0.2) is 45.1 Å². The maximum absolute atomic E-state index is 12.5. The molecule has 0 saturated carbocycles. The van der Waals surface area contributed by atoms with Crippen molar-refractivity contribution >= 4 is 28.3 Å². The van der Waals surface area contributed by atoms with Crippen LogP contribution in [0.4, 0.5) is 0 Å². The average Bonchev–Trinajstić information content (AvgIpc) is 3.30. The number of hydrogen-bond acceptors (Lipinski definition) is 6. The molecule has 24 heavy (non-hydrogen) atoms. The second kappa shape index (κ2) is 6.12. The van der Waals surface area contributed by atoms with Gasteiger partial charge in [-0.05, 0) is 12.1 Å². The normalized spacial score (nSPS) is 17.5. The molecule has 1 saturated heterocycles. The van der Waals surface area contributed by atoms with Crippen molar-refractivity contribution in [1.82, 2.24) is 14.5 Å². The van der Waals surface area contributed by atoms with E-state index in [0.717, 1.165) is 6.42 Å². The van der Waals surface area contributed by atoms with E-state index in [2.05, 4.69) is 4.98 Å². The highest BCUT2D eigenvalue weighted by molar-refractivity contribution is 7.11. The fraction of sp³-hybridized carbons (Fsp3) is 0.312. The molecule has 0 aliphatic carbocycles. The molecule has 7 nitrogen and oxygen atoms in total. The van der Waals surface area contributed by atoms with E-state index in [1.54, 1.807) is 29.3 Å². The predicted octanol–water partition coefficient (Wildman–Crippen LogP) is 1.73. The van der Waals surface area contributed by atoms with Crippen molar-refractivity contribution < 1.29 is 13.9 Å². The summed E-state index contributed by atoms with van der Waals surface area (Å²) in [5.41, 5.74) is 1.12. The summed E-state index contributed by atoms with van der Waals surface area (Å²) in [6.07, 6.45) is 2.39. The van der Waals surface area contributed by atoms with Crippen LogP contribution in [0.2, 0.25) is 0 Å². The highest BCUT2D eigenvalue weighted by Crippen LogP contribution is 2.21. The molecule has 4 rings (SSSR count). The van der Waals surface area contributed by atoms with Gasteiger partial charge in [-0.1, -0.05) is 23.5 Å². The molecule has 3 aromatic rings. The summed E-state index contributed by atoms with van der Waals surface area (Å²) in [5.74, 6) is -0.631. The zero-order chi connectivity index (χ0) is 16.5. The maximum atomic E-state index is 12.5. The van der Waals surface area contributed by atoms with Gasteiger partial charge in [0.15, 0.2) is 5.58 Å². The van der Waals surface area contributed by atoms with Gasteiger partial charge < -0.3 is 14.1 Å². The van der Waals surface area contributed by atoms with E-state index in [1.165, 1.54) is 15.9 Å². The zero-order valence-corrected chi connectivity index (χ0v) is 13.6. The fourth-order valence-electron chi connectivity index (χ4n) is 2.86. The standard InChI is InChI=1S/C16H15N3O4S/c20-14(10-19-12-3-1-2-4-13(12)23-16(19)21)18-7-5-11(9-18)22-15-17-6-8-24-15/h1-4,6,8,11H,5,7,9-10H2.